The molecular weight excluding hydrogens is 234 g/mol. The summed E-state index contributed by atoms with van der Waals surface area (Å²) in [4.78, 5) is 11.8. The molecule has 5 nitrogen and oxygen atoms in total. The fraction of sp³-hybridized carbons (Fsp3) is 0. The van der Waals surface area contributed by atoms with Crippen LogP contribution in [0, 0.1) is 0 Å². The number of aromatic hydroxyl groups is 3. The second-order valence-electron chi connectivity index (χ2n) is 3.67. The van der Waals surface area contributed by atoms with E-state index in [0.717, 1.165) is 0 Å². The molecule has 1 amide bonds. The standard InChI is InChI=1S/C13H11NO4/c15-9-6-4-8(5-7-9)14-13(18)10-2-1-3-11(16)12(10)17/h1-7,15-17H,(H,14,18). The molecule has 0 aromatic heterocycles. The van der Waals surface area contributed by atoms with Gasteiger partial charge in [0.1, 0.15) is 5.75 Å². The van der Waals surface area contributed by atoms with E-state index in [9.17, 15) is 15.0 Å². The van der Waals surface area contributed by atoms with Crippen molar-refractivity contribution in [2.75, 3.05) is 5.32 Å². The van der Waals surface area contributed by atoms with Crippen molar-refractivity contribution in [2.24, 2.45) is 0 Å². The largest absolute Gasteiger partial charge is 0.508 e. The summed E-state index contributed by atoms with van der Waals surface area (Å²) in [7, 11) is 0. The molecule has 0 saturated carbocycles. The summed E-state index contributed by atoms with van der Waals surface area (Å²) >= 11 is 0. The minimum Gasteiger partial charge on any atom is -0.508 e. The Morgan fingerprint density at radius 3 is 2.28 bits per heavy atom. The number of para-hydroxylation sites is 1. The van der Waals surface area contributed by atoms with Crippen molar-refractivity contribution in [3.05, 3.63) is 48.0 Å². The Morgan fingerprint density at radius 2 is 1.61 bits per heavy atom. The number of carbonyl (C=O) groups is 1. The minimum absolute atomic E-state index is 0.0249. The van der Waals surface area contributed by atoms with Gasteiger partial charge in [-0.2, -0.15) is 0 Å². The van der Waals surface area contributed by atoms with Crippen LogP contribution < -0.4 is 5.32 Å². The van der Waals surface area contributed by atoms with Gasteiger partial charge in [-0.15, -0.1) is 0 Å². The first-order valence-electron chi connectivity index (χ1n) is 5.19. The number of rotatable bonds is 2. The van der Waals surface area contributed by atoms with E-state index in [-0.39, 0.29) is 17.1 Å². The maximum absolute atomic E-state index is 11.8. The highest BCUT2D eigenvalue weighted by atomic mass is 16.3. The van der Waals surface area contributed by atoms with E-state index in [1.54, 1.807) is 0 Å². The molecule has 92 valence electrons. The first-order chi connectivity index (χ1) is 8.58. The van der Waals surface area contributed by atoms with Crippen LogP contribution >= 0.6 is 0 Å². The number of hydrogen-bond donors (Lipinski definition) is 4. The fourth-order valence-corrected chi connectivity index (χ4v) is 1.46. The van der Waals surface area contributed by atoms with Crippen molar-refractivity contribution in [3.8, 4) is 17.2 Å². The van der Waals surface area contributed by atoms with E-state index in [2.05, 4.69) is 5.32 Å². The third kappa shape index (κ3) is 2.35. The Hall–Kier alpha value is -2.69. The zero-order valence-corrected chi connectivity index (χ0v) is 9.29. The van der Waals surface area contributed by atoms with Crippen LogP contribution in [0.3, 0.4) is 0 Å². The summed E-state index contributed by atoms with van der Waals surface area (Å²) in [5.41, 5.74) is 0.448. The molecular formula is C13H11NO4. The summed E-state index contributed by atoms with van der Waals surface area (Å²) < 4.78 is 0. The number of hydrogen-bond acceptors (Lipinski definition) is 4. The quantitative estimate of drug-likeness (QED) is 0.481. The number of amides is 1. The Morgan fingerprint density at radius 1 is 0.944 bits per heavy atom. The Balaban J connectivity index is 2.22. The molecule has 0 bridgehead atoms. The monoisotopic (exact) mass is 245 g/mol. The lowest BCUT2D eigenvalue weighted by molar-refractivity contribution is 0.102. The number of nitrogens with one attached hydrogen (secondary N) is 1. The molecule has 0 aliphatic carbocycles. The van der Waals surface area contributed by atoms with Crippen molar-refractivity contribution in [1.82, 2.24) is 0 Å². The minimum atomic E-state index is -0.547. The maximum Gasteiger partial charge on any atom is 0.259 e. The second kappa shape index (κ2) is 4.67. The Kier molecular flexibility index (Phi) is 3.05. The molecule has 2 rings (SSSR count). The van der Waals surface area contributed by atoms with E-state index >= 15 is 0 Å². The Bertz CT molecular complexity index is 578. The third-order valence-corrected chi connectivity index (χ3v) is 2.38. The first-order valence-corrected chi connectivity index (χ1v) is 5.19. The predicted octanol–water partition coefficient (Wildman–Crippen LogP) is 2.06. The predicted molar refractivity (Wildman–Crippen MR) is 65.8 cm³/mol. The van der Waals surface area contributed by atoms with Crippen molar-refractivity contribution in [2.45, 2.75) is 0 Å². The molecule has 2 aromatic carbocycles. The van der Waals surface area contributed by atoms with Crippen LogP contribution in [0.5, 0.6) is 17.2 Å². The smallest absolute Gasteiger partial charge is 0.259 e. The highest BCUT2D eigenvalue weighted by Gasteiger charge is 2.13. The van der Waals surface area contributed by atoms with Crippen molar-refractivity contribution < 1.29 is 20.1 Å². The van der Waals surface area contributed by atoms with Crippen LogP contribution in [0.25, 0.3) is 0 Å². The fourth-order valence-electron chi connectivity index (χ4n) is 1.46. The van der Waals surface area contributed by atoms with Gasteiger partial charge < -0.3 is 20.6 Å². The lowest BCUT2D eigenvalue weighted by atomic mass is 10.1. The van der Waals surface area contributed by atoms with E-state index in [1.807, 2.05) is 0 Å². The van der Waals surface area contributed by atoms with Crippen molar-refractivity contribution in [3.63, 3.8) is 0 Å². The number of benzene rings is 2. The van der Waals surface area contributed by atoms with Crippen LogP contribution in [0.4, 0.5) is 5.69 Å². The summed E-state index contributed by atoms with van der Waals surface area (Å²) in [5.74, 6) is -1.27. The third-order valence-electron chi connectivity index (χ3n) is 2.38. The molecule has 0 heterocycles. The van der Waals surface area contributed by atoms with Gasteiger partial charge in [-0.3, -0.25) is 4.79 Å². The van der Waals surface area contributed by atoms with Gasteiger partial charge >= 0.3 is 0 Å². The SMILES string of the molecule is O=C(Nc1ccc(O)cc1)c1cccc(O)c1O. The van der Waals surface area contributed by atoms with Crippen molar-refractivity contribution >= 4 is 11.6 Å². The molecule has 0 spiro atoms. The van der Waals surface area contributed by atoms with Crippen LogP contribution in [-0.4, -0.2) is 21.2 Å². The van der Waals surface area contributed by atoms with Gasteiger partial charge in [0.15, 0.2) is 11.5 Å². The molecule has 0 aliphatic heterocycles. The average Bonchev–Trinajstić information content (AvgIpc) is 2.35. The second-order valence-corrected chi connectivity index (χ2v) is 3.67. The molecule has 4 N–H and O–H groups in total. The van der Waals surface area contributed by atoms with Crippen LogP contribution in [0.2, 0.25) is 0 Å². The summed E-state index contributed by atoms with van der Waals surface area (Å²) in [6, 6.07) is 10.0. The number of carbonyl (C=O) groups excluding carboxylic acids is 1. The number of phenols is 3. The van der Waals surface area contributed by atoms with Gasteiger partial charge in [-0.05, 0) is 36.4 Å². The van der Waals surface area contributed by atoms with Gasteiger partial charge in [-0.1, -0.05) is 6.07 Å². The topological polar surface area (TPSA) is 89.8 Å². The lowest BCUT2D eigenvalue weighted by Crippen LogP contribution is -2.11. The summed E-state index contributed by atoms with van der Waals surface area (Å²) in [5, 5.41) is 30.5. The van der Waals surface area contributed by atoms with Crippen LogP contribution in [0.1, 0.15) is 10.4 Å². The molecule has 5 heteroatoms. The number of anilines is 1. The van der Waals surface area contributed by atoms with Gasteiger partial charge in [0.05, 0.1) is 5.56 Å². The van der Waals surface area contributed by atoms with Crippen LogP contribution in [0.15, 0.2) is 42.5 Å². The first kappa shape index (κ1) is 11.8. The number of phenolic OH excluding ortho intramolecular Hbond substituents is 3. The summed E-state index contributed by atoms with van der Waals surface area (Å²) in [6.07, 6.45) is 0. The van der Waals surface area contributed by atoms with Gasteiger partial charge in [0.2, 0.25) is 0 Å². The van der Waals surface area contributed by atoms with Crippen molar-refractivity contribution in [1.29, 1.82) is 0 Å². The molecule has 0 aliphatic rings. The van der Waals surface area contributed by atoms with E-state index in [1.165, 1.54) is 42.5 Å². The molecule has 0 fully saturated rings. The maximum atomic E-state index is 11.8. The van der Waals surface area contributed by atoms with E-state index in [0.29, 0.717) is 5.69 Å². The van der Waals surface area contributed by atoms with E-state index in [4.69, 9.17) is 5.11 Å². The van der Waals surface area contributed by atoms with E-state index < -0.39 is 11.7 Å². The van der Waals surface area contributed by atoms with Crippen LogP contribution in [-0.2, 0) is 0 Å². The molecule has 18 heavy (non-hydrogen) atoms. The summed E-state index contributed by atoms with van der Waals surface area (Å²) in [6.45, 7) is 0. The molecule has 0 unspecified atom stereocenters. The zero-order chi connectivity index (χ0) is 13.1. The highest BCUT2D eigenvalue weighted by Crippen LogP contribution is 2.28. The van der Waals surface area contributed by atoms with Gasteiger partial charge in [-0.25, -0.2) is 0 Å². The Labute approximate surface area is 103 Å². The zero-order valence-electron chi connectivity index (χ0n) is 9.29. The van der Waals surface area contributed by atoms with Gasteiger partial charge in [0, 0.05) is 5.69 Å². The highest BCUT2D eigenvalue weighted by molar-refractivity contribution is 6.06. The normalized spacial score (nSPS) is 10.0. The lowest BCUT2D eigenvalue weighted by Gasteiger charge is -2.07. The molecule has 2 aromatic rings. The molecule has 0 radical (unpaired) electrons. The average molecular weight is 245 g/mol. The van der Waals surface area contributed by atoms with Gasteiger partial charge in [0.25, 0.3) is 5.91 Å². The molecule has 0 saturated heterocycles. The molecule has 0 atom stereocenters.